The molecule has 4 heteroatoms. The quantitative estimate of drug-likeness (QED) is 0.875. The van der Waals surface area contributed by atoms with Crippen LogP contribution in [0.5, 0.6) is 0 Å². The average molecular weight is 295 g/mol. The van der Waals surface area contributed by atoms with Gasteiger partial charge in [-0.2, -0.15) is 0 Å². The van der Waals surface area contributed by atoms with Gasteiger partial charge in [-0.15, -0.1) is 0 Å². The van der Waals surface area contributed by atoms with Gasteiger partial charge < -0.3 is 10.6 Å². The standard InChI is InChI=1S/C16H23ClN2O/c1-12(16(20)19-15-8-3-2-4-9-15)18-11-13-6-5-7-14(17)10-13/h5-7,10,12,15,18H,2-4,8-9,11H2,1H3,(H,19,20). The highest BCUT2D eigenvalue weighted by molar-refractivity contribution is 6.30. The van der Waals surface area contributed by atoms with Crippen LogP contribution in [0, 0.1) is 0 Å². The molecular formula is C16H23ClN2O. The molecule has 0 aromatic heterocycles. The van der Waals surface area contributed by atoms with Crippen LogP contribution in [0.1, 0.15) is 44.6 Å². The minimum atomic E-state index is -0.184. The number of carbonyl (C=O) groups excluding carboxylic acids is 1. The Bertz CT molecular complexity index is 444. The summed E-state index contributed by atoms with van der Waals surface area (Å²) in [5, 5.41) is 7.11. The average Bonchev–Trinajstić information content (AvgIpc) is 2.46. The second-order valence-corrected chi connectivity index (χ2v) is 6.01. The molecule has 1 amide bonds. The van der Waals surface area contributed by atoms with E-state index in [0.717, 1.165) is 23.4 Å². The van der Waals surface area contributed by atoms with E-state index < -0.39 is 0 Å². The van der Waals surface area contributed by atoms with Crippen LogP contribution in [0.2, 0.25) is 5.02 Å². The van der Waals surface area contributed by atoms with E-state index in [4.69, 9.17) is 11.6 Å². The molecule has 1 aliphatic carbocycles. The van der Waals surface area contributed by atoms with E-state index in [2.05, 4.69) is 10.6 Å². The van der Waals surface area contributed by atoms with Crippen LogP contribution in [-0.2, 0) is 11.3 Å². The summed E-state index contributed by atoms with van der Waals surface area (Å²) in [6, 6.07) is 7.88. The summed E-state index contributed by atoms with van der Waals surface area (Å²) in [4.78, 5) is 12.1. The second-order valence-electron chi connectivity index (χ2n) is 5.58. The fraction of sp³-hybridized carbons (Fsp3) is 0.562. The lowest BCUT2D eigenvalue weighted by molar-refractivity contribution is -0.123. The second kappa shape index (κ2) is 7.65. The van der Waals surface area contributed by atoms with Crippen molar-refractivity contribution in [3.63, 3.8) is 0 Å². The number of halogens is 1. The predicted octanol–water partition coefficient (Wildman–Crippen LogP) is 3.27. The molecule has 0 radical (unpaired) electrons. The SMILES string of the molecule is CC(NCc1cccc(Cl)c1)C(=O)NC1CCCCC1. The lowest BCUT2D eigenvalue weighted by Gasteiger charge is -2.24. The van der Waals surface area contributed by atoms with E-state index in [-0.39, 0.29) is 11.9 Å². The number of hydrogen-bond donors (Lipinski definition) is 2. The van der Waals surface area contributed by atoms with Gasteiger partial charge in [-0.25, -0.2) is 0 Å². The Morgan fingerprint density at radius 2 is 2.10 bits per heavy atom. The molecule has 0 aliphatic heterocycles. The highest BCUT2D eigenvalue weighted by atomic mass is 35.5. The molecule has 0 bridgehead atoms. The third-order valence-electron chi connectivity index (χ3n) is 3.85. The third kappa shape index (κ3) is 4.80. The minimum absolute atomic E-state index is 0.0962. The zero-order chi connectivity index (χ0) is 14.4. The highest BCUT2D eigenvalue weighted by Crippen LogP contribution is 2.17. The van der Waals surface area contributed by atoms with Crippen LogP contribution in [0.25, 0.3) is 0 Å². The third-order valence-corrected chi connectivity index (χ3v) is 4.08. The van der Waals surface area contributed by atoms with E-state index in [1.165, 1.54) is 19.3 Å². The fourth-order valence-electron chi connectivity index (χ4n) is 2.58. The van der Waals surface area contributed by atoms with Gasteiger partial charge in [-0.3, -0.25) is 4.79 Å². The number of benzene rings is 1. The van der Waals surface area contributed by atoms with Crippen LogP contribution < -0.4 is 10.6 Å². The number of carbonyl (C=O) groups is 1. The van der Waals surface area contributed by atoms with Gasteiger partial charge in [-0.05, 0) is 37.5 Å². The Morgan fingerprint density at radius 1 is 1.35 bits per heavy atom. The fourth-order valence-corrected chi connectivity index (χ4v) is 2.80. The summed E-state index contributed by atoms with van der Waals surface area (Å²) in [6.45, 7) is 2.56. The van der Waals surface area contributed by atoms with Gasteiger partial charge in [0.15, 0.2) is 0 Å². The highest BCUT2D eigenvalue weighted by Gasteiger charge is 2.19. The maximum atomic E-state index is 12.1. The van der Waals surface area contributed by atoms with Crippen molar-refractivity contribution >= 4 is 17.5 Å². The largest absolute Gasteiger partial charge is 0.352 e. The Kier molecular flexibility index (Phi) is 5.86. The molecule has 2 rings (SSSR count). The molecule has 1 aromatic carbocycles. The van der Waals surface area contributed by atoms with Gasteiger partial charge in [0.25, 0.3) is 0 Å². The number of rotatable bonds is 5. The topological polar surface area (TPSA) is 41.1 Å². The smallest absolute Gasteiger partial charge is 0.237 e. The van der Waals surface area contributed by atoms with Crippen LogP contribution in [-0.4, -0.2) is 18.0 Å². The molecule has 1 aliphatic rings. The molecule has 0 saturated heterocycles. The van der Waals surface area contributed by atoms with Crippen LogP contribution >= 0.6 is 11.6 Å². The van der Waals surface area contributed by atoms with Crippen molar-refractivity contribution < 1.29 is 4.79 Å². The minimum Gasteiger partial charge on any atom is -0.352 e. The summed E-state index contributed by atoms with van der Waals surface area (Å²) < 4.78 is 0. The van der Waals surface area contributed by atoms with Crippen molar-refractivity contribution in [3.05, 3.63) is 34.9 Å². The first kappa shape index (κ1) is 15.3. The van der Waals surface area contributed by atoms with Crippen LogP contribution in [0.4, 0.5) is 0 Å². The zero-order valence-corrected chi connectivity index (χ0v) is 12.7. The molecule has 1 aromatic rings. The summed E-state index contributed by atoms with van der Waals surface area (Å²) in [6.07, 6.45) is 6.00. The van der Waals surface area contributed by atoms with Gasteiger partial charge in [-0.1, -0.05) is 43.0 Å². The lowest BCUT2D eigenvalue weighted by Crippen LogP contribution is -2.46. The van der Waals surface area contributed by atoms with Gasteiger partial charge in [0.2, 0.25) is 5.91 Å². The van der Waals surface area contributed by atoms with Crippen molar-refractivity contribution in [2.24, 2.45) is 0 Å². The molecular weight excluding hydrogens is 272 g/mol. The van der Waals surface area contributed by atoms with E-state index in [1.807, 2.05) is 31.2 Å². The maximum absolute atomic E-state index is 12.1. The normalized spacial score (nSPS) is 17.7. The molecule has 20 heavy (non-hydrogen) atoms. The Labute approximate surface area is 126 Å². The first-order valence-electron chi connectivity index (χ1n) is 7.43. The van der Waals surface area contributed by atoms with Gasteiger partial charge in [0.05, 0.1) is 6.04 Å². The van der Waals surface area contributed by atoms with Crippen molar-refractivity contribution in [1.29, 1.82) is 0 Å². The number of hydrogen-bond acceptors (Lipinski definition) is 2. The first-order valence-corrected chi connectivity index (χ1v) is 7.81. The number of nitrogens with one attached hydrogen (secondary N) is 2. The molecule has 1 saturated carbocycles. The Morgan fingerprint density at radius 3 is 2.80 bits per heavy atom. The van der Waals surface area contributed by atoms with Crippen molar-refractivity contribution in [2.75, 3.05) is 0 Å². The predicted molar refractivity (Wildman–Crippen MR) is 82.8 cm³/mol. The first-order chi connectivity index (χ1) is 9.65. The summed E-state index contributed by atoms with van der Waals surface area (Å²) in [7, 11) is 0. The van der Waals surface area contributed by atoms with E-state index in [1.54, 1.807) is 0 Å². The molecule has 1 atom stereocenters. The summed E-state index contributed by atoms with van der Waals surface area (Å²) >= 11 is 5.94. The van der Waals surface area contributed by atoms with Crippen molar-refractivity contribution in [3.8, 4) is 0 Å². The lowest BCUT2D eigenvalue weighted by atomic mass is 9.95. The van der Waals surface area contributed by atoms with Gasteiger partial charge in [0, 0.05) is 17.6 Å². The van der Waals surface area contributed by atoms with Crippen molar-refractivity contribution in [1.82, 2.24) is 10.6 Å². The van der Waals surface area contributed by atoms with E-state index in [0.29, 0.717) is 12.6 Å². The zero-order valence-electron chi connectivity index (χ0n) is 12.0. The maximum Gasteiger partial charge on any atom is 0.237 e. The summed E-state index contributed by atoms with van der Waals surface area (Å²) in [5.74, 6) is 0.0962. The van der Waals surface area contributed by atoms with Crippen molar-refractivity contribution in [2.45, 2.75) is 57.7 Å². The van der Waals surface area contributed by atoms with Gasteiger partial charge in [0.1, 0.15) is 0 Å². The van der Waals surface area contributed by atoms with Crippen LogP contribution in [0.15, 0.2) is 24.3 Å². The molecule has 2 N–H and O–H groups in total. The van der Waals surface area contributed by atoms with Crippen LogP contribution in [0.3, 0.4) is 0 Å². The Hall–Kier alpha value is -1.06. The monoisotopic (exact) mass is 294 g/mol. The molecule has 1 fully saturated rings. The molecule has 0 spiro atoms. The van der Waals surface area contributed by atoms with Gasteiger partial charge >= 0.3 is 0 Å². The molecule has 110 valence electrons. The summed E-state index contributed by atoms with van der Waals surface area (Å²) in [5.41, 5.74) is 1.09. The molecule has 0 heterocycles. The van der Waals surface area contributed by atoms with E-state index in [9.17, 15) is 4.79 Å². The molecule has 3 nitrogen and oxygen atoms in total. The Balaban J connectivity index is 1.76. The van der Waals surface area contributed by atoms with E-state index >= 15 is 0 Å². The number of amides is 1. The molecule has 1 unspecified atom stereocenters.